The van der Waals surface area contributed by atoms with Gasteiger partial charge in [0.05, 0.1) is 18.2 Å². The lowest BCUT2D eigenvalue weighted by molar-refractivity contribution is 1.07. The molecule has 3 aromatic carbocycles. The molecule has 0 unspecified atom stereocenters. The third kappa shape index (κ3) is 3.06. The Labute approximate surface area is 156 Å². The molecule has 27 heavy (non-hydrogen) atoms. The van der Waals surface area contributed by atoms with E-state index in [-0.39, 0.29) is 0 Å². The van der Waals surface area contributed by atoms with E-state index in [0.717, 1.165) is 16.8 Å². The second-order valence-electron chi connectivity index (χ2n) is 5.87. The zero-order valence-corrected chi connectivity index (χ0v) is 14.2. The van der Waals surface area contributed by atoms with Crippen LogP contribution in [0.25, 0.3) is 33.3 Å². The average Bonchev–Trinajstić information content (AvgIpc) is 3.19. The van der Waals surface area contributed by atoms with Gasteiger partial charge in [0.25, 0.3) is 0 Å². The van der Waals surface area contributed by atoms with Crippen molar-refractivity contribution in [2.75, 3.05) is 0 Å². The minimum Gasteiger partial charge on any atom is -0.275 e. The molecular formula is C22H13N5. The first kappa shape index (κ1) is 16.3. The molecule has 0 N–H and O–H groups in total. The SMILES string of the molecule is [C-]#[N+]c1ccc(-c2nnc(-c3ccc(C#N)cc3)n2-c2ccccc2)cc1. The Morgan fingerprint density at radius 3 is 1.85 bits per heavy atom. The van der Waals surface area contributed by atoms with Crippen molar-refractivity contribution in [1.29, 1.82) is 5.26 Å². The fraction of sp³-hybridized carbons (Fsp3) is 0. The minimum absolute atomic E-state index is 0.580. The van der Waals surface area contributed by atoms with Crippen molar-refractivity contribution >= 4 is 5.69 Å². The molecule has 0 aliphatic rings. The fourth-order valence-electron chi connectivity index (χ4n) is 2.86. The van der Waals surface area contributed by atoms with Gasteiger partial charge < -0.3 is 0 Å². The monoisotopic (exact) mass is 347 g/mol. The van der Waals surface area contributed by atoms with E-state index in [0.29, 0.717) is 22.9 Å². The average molecular weight is 347 g/mol. The van der Waals surface area contributed by atoms with Crippen LogP contribution in [0.5, 0.6) is 0 Å². The highest BCUT2D eigenvalue weighted by molar-refractivity contribution is 5.68. The summed E-state index contributed by atoms with van der Waals surface area (Å²) >= 11 is 0. The van der Waals surface area contributed by atoms with E-state index in [9.17, 15) is 0 Å². The predicted molar refractivity (Wildman–Crippen MR) is 103 cm³/mol. The summed E-state index contributed by atoms with van der Waals surface area (Å²) in [5.74, 6) is 1.38. The van der Waals surface area contributed by atoms with Gasteiger partial charge in [0, 0.05) is 16.8 Å². The maximum absolute atomic E-state index is 9.02. The van der Waals surface area contributed by atoms with Crippen molar-refractivity contribution in [3.8, 4) is 34.5 Å². The Morgan fingerprint density at radius 1 is 0.778 bits per heavy atom. The summed E-state index contributed by atoms with van der Waals surface area (Å²) in [6, 6.07) is 26.6. The van der Waals surface area contributed by atoms with E-state index in [1.807, 2.05) is 59.2 Å². The van der Waals surface area contributed by atoms with Crippen molar-refractivity contribution in [2.24, 2.45) is 0 Å². The molecule has 1 heterocycles. The van der Waals surface area contributed by atoms with Crippen LogP contribution in [-0.2, 0) is 0 Å². The summed E-state index contributed by atoms with van der Waals surface area (Å²) in [7, 11) is 0. The van der Waals surface area contributed by atoms with Crippen LogP contribution < -0.4 is 0 Å². The van der Waals surface area contributed by atoms with E-state index >= 15 is 0 Å². The molecule has 0 amide bonds. The van der Waals surface area contributed by atoms with Gasteiger partial charge in [0.2, 0.25) is 0 Å². The first-order chi connectivity index (χ1) is 13.3. The molecule has 4 rings (SSSR count). The number of para-hydroxylation sites is 1. The molecule has 4 aromatic rings. The highest BCUT2D eigenvalue weighted by Gasteiger charge is 2.17. The topological polar surface area (TPSA) is 58.9 Å². The Kier molecular flexibility index (Phi) is 4.19. The lowest BCUT2D eigenvalue weighted by atomic mass is 10.1. The summed E-state index contributed by atoms with van der Waals surface area (Å²) in [6.45, 7) is 7.11. The van der Waals surface area contributed by atoms with Crippen LogP contribution in [0.2, 0.25) is 0 Å². The van der Waals surface area contributed by atoms with Gasteiger partial charge in [0.1, 0.15) is 0 Å². The van der Waals surface area contributed by atoms with Crippen molar-refractivity contribution in [3.05, 3.63) is 95.8 Å². The highest BCUT2D eigenvalue weighted by atomic mass is 15.3. The Balaban J connectivity index is 1.91. The van der Waals surface area contributed by atoms with E-state index < -0.39 is 0 Å². The second-order valence-corrected chi connectivity index (χ2v) is 5.87. The lowest BCUT2D eigenvalue weighted by Crippen LogP contribution is -2.00. The largest absolute Gasteiger partial charge is 0.275 e. The Hall–Kier alpha value is -4.22. The third-order valence-electron chi connectivity index (χ3n) is 4.20. The van der Waals surface area contributed by atoms with Crippen LogP contribution in [0, 0.1) is 17.9 Å². The molecule has 5 nitrogen and oxygen atoms in total. The van der Waals surface area contributed by atoms with E-state index in [2.05, 4.69) is 21.1 Å². The first-order valence-electron chi connectivity index (χ1n) is 8.29. The molecule has 5 heteroatoms. The molecule has 0 spiro atoms. The number of nitrogens with zero attached hydrogens (tertiary/aromatic N) is 5. The summed E-state index contributed by atoms with van der Waals surface area (Å²) in [5, 5.41) is 17.8. The molecule has 0 fully saturated rings. The number of hydrogen-bond acceptors (Lipinski definition) is 3. The summed E-state index contributed by atoms with van der Waals surface area (Å²) < 4.78 is 1.98. The predicted octanol–water partition coefficient (Wildman–Crippen LogP) is 5.02. The van der Waals surface area contributed by atoms with Crippen LogP contribution in [0.4, 0.5) is 5.69 Å². The molecular weight excluding hydrogens is 334 g/mol. The molecule has 0 saturated carbocycles. The summed E-state index contributed by atoms with van der Waals surface area (Å²) in [4.78, 5) is 3.44. The lowest BCUT2D eigenvalue weighted by Gasteiger charge is -2.11. The van der Waals surface area contributed by atoms with E-state index in [1.54, 1.807) is 24.3 Å². The molecule has 0 aliphatic carbocycles. The Morgan fingerprint density at radius 2 is 1.33 bits per heavy atom. The summed E-state index contributed by atoms with van der Waals surface area (Å²) in [6.07, 6.45) is 0. The van der Waals surface area contributed by atoms with Gasteiger partial charge in [-0.1, -0.05) is 42.5 Å². The van der Waals surface area contributed by atoms with Crippen molar-refractivity contribution in [3.63, 3.8) is 0 Å². The zero-order valence-electron chi connectivity index (χ0n) is 14.2. The van der Waals surface area contributed by atoms with Crippen LogP contribution >= 0.6 is 0 Å². The summed E-state index contributed by atoms with van der Waals surface area (Å²) in [5.41, 5.74) is 3.86. The smallest absolute Gasteiger partial charge is 0.187 e. The van der Waals surface area contributed by atoms with Gasteiger partial charge in [-0.3, -0.25) is 4.57 Å². The van der Waals surface area contributed by atoms with Gasteiger partial charge in [0.15, 0.2) is 17.3 Å². The van der Waals surface area contributed by atoms with Crippen LogP contribution in [-0.4, -0.2) is 14.8 Å². The van der Waals surface area contributed by atoms with Gasteiger partial charge in [-0.25, -0.2) is 4.85 Å². The number of aromatic nitrogens is 3. The quantitative estimate of drug-likeness (QED) is 0.489. The van der Waals surface area contributed by atoms with E-state index in [4.69, 9.17) is 11.8 Å². The standard InChI is InChI=1S/C22H13N5/c1-24-19-13-11-18(12-14-19)22-26-25-21(17-9-7-16(15-23)8-10-17)27(22)20-5-3-2-4-6-20/h2-14H. The van der Waals surface area contributed by atoms with Crippen molar-refractivity contribution < 1.29 is 0 Å². The number of rotatable bonds is 3. The number of benzene rings is 3. The van der Waals surface area contributed by atoms with E-state index in [1.165, 1.54) is 0 Å². The van der Waals surface area contributed by atoms with Crippen LogP contribution in [0.3, 0.4) is 0 Å². The third-order valence-corrected chi connectivity index (χ3v) is 4.20. The maximum Gasteiger partial charge on any atom is 0.187 e. The van der Waals surface area contributed by atoms with Gasteiger partial charge in [-0.15, -0.1) is 10.2 Å². The minimum atomic E-state index is 0.580. The van der Waals surface area contributed by atoms with Gasteiger partial charge in [-0.05, 0) is 36.4 Å². The maximum atomic E-state index is 9.02. The van der Waals surface area contributed by atoms with Gasteiger partial charge in [-0.2, -0.15) is 5.26 Å². The van der Waals surface area contributed by atoms with Gasteiger partial charge >= 0.3 is 0 Å². The van der Waals surface area contributed by atoms with Crippen LogP contribution in [0.15, 0.2) is 78.9 Å². The Bertz CT molecular complexity index is 1080. The fourth-order valence-corrected chi connectivity index (χ4v) is 2.86. The van der Waals surface area contributed by atoms with Crippen LogP contribution in [0.1, 0.15) is 5.56 Å². The number of nitriles is 1. The molecule has 1 aromatic heterocycles. The first-order valence-corrected chi connectivity index (χ1v) is 8.29. The highest BCUT2D eigenvalue weighted by Crippen LogP contribution is 2.29. The molecule has 0 radical (unpaired) electrons. The van der Waals surface area contributed by atoms with Crippen molar-refractivity contribution in [2.45, 2.75) is 0 Å². The number of hydrogen-bond donors (Lipinski definition) is 0. The zero-order chi connectivity index (χ0) is 18.6. The normalized spacial score (nSPS) is 10.1. The molecule has 0 aliphatic heterocycles. The molecule has 0 bridgehead atoms. The second kappa shape index (κ2) is 6.95. The van der Waals surface area contributed by atoms with Crippen molar-refractivity contribution in [1.82, 2.24) is 14.8 Å². The molecule has 126 valence electrons. The molecule has 0 saturated heterocycles. The molecule has 0 atom stereocenters.